The van der Waals surface area contributed by atoms with Gasteiger partial charge in [0.1, 0.15) is 5.82 Å². The Morgan fingerprint density at radius 3 is 2.71 bits per heavy atom. The van der Waals surface area contributed by atoms with E-state index in [0.29, 0.717) is 17.1 Å². The van der Waals surface area contributed by atoms with Crippen LogP contribution < -0.4 is 5.32 Å². The lowest BCUT2D eigenvalue weighted by Gasteiger charge is -2.12. The van der Waals surface area contributed by atoms with Crippen LogP contribution in [0.2, 0.25) is 0 Å². The molecule has 0 bridgehead atoms. The zero-order valence-corrected chi connectivity index (χ0v) is 13.4. The van der Waals surface area contributed by atoms with Crippen molar-refractivity contribution in [2.75, 3.05) is 5.32 Å². The van der Waals surface area contributed by atoms with Crippen LogP contribution in [0.25, 0.3) is 5.82 Å². The van der Waals surface area contributed by atoms with Crippen molar-refractivity contribution in [2.45, 2.75) is 19.8 Å². The summed E-state index contributed by atoms with van der Waals surface area (Å²) in [7, 11) is 0. The van der Waals surface area contributed by atoms with Crippen LogP contribution in [-0.2, 0) is 0 Å². The standard InChI is InChI=1S/C18H17FN4O/c1-12(2)17-15(11-21-23(17)16-8-3-4-9-20-16)18(24)22-14-7-5-6-13(19)10-14/h3-12H,1-2H3,(H,22,24). The fourth-order valence-corrected chi connectivity index (χ4v) is 2.51. The smallest absolute Gasteiger partial charge is 0.259 e. The Hall–Kier alpha value is -3.02. The molecule has 0 aliphatic rings. The molecule has 6 heteroatoms. The van der Waals surface area contributed by atoms with Gasteiger partial charge >= 0.3 is 0 Å². The SMILES string of the molecule is CC(C)c1c(C(=O)Nc2cccc(F)c2)cnn1-c1ccccn1. The molecule has 0 atom stereocenters. The molecule has 1 N–H and O–H groups in total. The van der Waals surface area contributed by atoms with E-state index in [4.69, 9.17) is 0 Å². The quantitative estimate of drug-likeness (QED) is 0.794. The van der Waals surface area contributed by atoms with Gasteiger partial charge in [0.25, 0.3) is 5.91 Å². The monoisotopic (exact) mass is 324 g/mol. The van der Waals surface area contributed by atoms with Crippen molar-refractivity contribution in [3.8, 4) is 5.82 Å². The largest absolute Gasteiger partial charge is 0.322 e. The minimum Gasteiger partial charge on any atom is -0.322 e. The number of pyridine rings is 1. The van der Waals surface area contributed by atoms with Crippen molar-refractivity contribution in [3.63, 3.8) is 0 Å². The van der Waals surface area contributed by atoms with Crippen LogP contribution in [0.15, 0.2) is 54.9 Å². The average molecular weight is 324 g/mol. The predicted octanol–water partition coefficient (Wildman–Crippen LogP) is 3.78. The van der Waals surface area contributed by atoms with E-state index in [1.807, 2.05) is 32.0 Å². The summed E-state index contributed by atoms with van der Waals surface area (Å²) >= 11 is 0. The van der Waals surface area contributed by atoms with E-state index in [1.54, 1.807) is 23.0 Å². The number of carbonyl (C=O) groups is 1. The molecule has 2 aromatic heterocycles. The molecule has 0 aliphatic carbocycles. The lowest BCUT2D eigenvalue weighted by atomic mass is 10.1. The topological polar surface area (TPSA) is 59.8 Å². The molecule has 0 unspecified atom stereocenters. The normalized spacial score (nSPS) is 10.8. The molecule has 24 heavy (non-hydrogen) atoms. The van der Waals surface area contributed by atoms with Crippen molar-refractivity contribution in [1.82, 2.24) is 14.8 Å². The summed E-state index contributed by atoms with van der Waals surface area (Å²) in [5, 5.41) is 7.01. The van der Waals surface area contributed by atoms with Crippen molar-refractivity contribution >= 4 is 11.6 Å². The molecule has 0 radical (unpaired) electrons. The van der Waals surface area contributed by atoms with Crippen molar-refractivity contribution < 1.29 is 9.18 Å². The number of anilines is 1. The third-order valence-corrected chi connectivity index (χ3v) is 3.55. The Balaban J connectivity index is 1.96. The van der Waals surface area contributed by atoms with Crippen LogP contribution >= 0.6 is 0 Å². The molecule has 3 rings (SSSR count). The predicted molar refractivity (Wildman–Crippen MR) is 89.8 cm³/mol. The number of nitrogens with one attached hydrogen (secondary N) is 1. The second kappa shape index (κ2) is 6.62. The van der Waals surface area contributed by atoms with Gasteiger partial charge in [-0.15, -0.1) is 0 Å². The molecule has 1 amide bonds. The highest BCUT2D eigenvalue weighted by molar-refractivity contribution is 6.05. The molecule has 0 fully saturated rings. The summed E-state index contributed by atoms with van der Waals surface area (Å²) in [6.07, 6.45) is 3.19. The summed E-state index contributed by atoms with van der Waals surface area (Å²) in [5.74, 6) is -0.0266. The fourth-order valence-electron chi connectivity index (χ4n) is 2.51. The van der Waals surface area contributed by atoms with Gasteiger partial charge in [0, 0.05) is 11.9 Å². The lowest BCUT2D eigenvalue weighted by molar-refractivity contribution is 0.102. The fraction of sp³-hybridized carbons (Fsp3) is 0.167. The number of carbonyl (C=O) groups excluding carboxylic acids is 1. The molecule has 1 aromatic carbocycles. The van der Waals surface area contributed by atoms with E-state index < -0.39 is 5.82 Å². The highest BCUT2D eigenvalue weighted by Crippen LogP contribution is 2.23. The lowest BCUT2D eigenvalue weighted by Crippen LogP contribution is -2.15. The molecule has 0 saturated heterocycles. The second-order valence-corrected chi connectivity index (χ2v) is 5.66. The number of benzene rings is 1. The first-order chi connectivity index (χ1) is 11.6. The number of halogens is 1. The maximum atomic E-state index is 13.3. The van der Waals surface area contributed by atoms with Gasteiger partial charge in [0.2, 0.25) is 0 Å². The van der Waals surface area contributed by atoms with Gasteiger partial charge < -0.3 is 5.32 Å². The van der Waals surface area contributed by atoms with Gasteiger partial charge in [-0.1, -0.05) is 26.0 Å². The molecule has 122 valence electrons. The van der Waals surface area contributed by atoms with Gasteiger partial charge in [-0.25, -0.2) is 14.1 Å². The van der Waals surface area contributed by atoms with Crippen LogP contribution in [0.3, 0.4) is 0 Å². The molecule has 3 aromatic rings. The minimum atomic E-state index is -0.402. The van der Waals surface area contributed by atoms with E-state index in [9.17, 15) is 9.18 Å². The van der Waals surface area contributed by atoms with Gasteiger partial charge in [-0.3, -0.25) is 4.79 Å². The van der Waals surface area contributed by atoms with Crippen molar-refractivity contribution in [3.05, 3.63) is 71.9 Å². The van der Waals surface area contributed by atoms with Crippen LogP contribution in [-0.4, -0.2) is 20.7 Å². The van der Waals surface area contributed by atoms with E-state index in [2.05, 4.69) is 15.4 Å². The Kier molecular flexibility index (Phi) is 4.37. The van der Waals surface area contributed by atoms with Gasteiger partial charge in [0.15, 0.2) is 5.82 Å². The van der Waals surface area contributed by atoms with E-state index in [-0.39, 0.29) is 11.8 Å². The van der Waals surface area contributed by atoms with Crippen molar-refractivity contribution in [1.29, 1.82) is 0 Å². The first kappa shape index (κ1) is 15.9. The molecule has 0 saturated carbocycles. The number of amides is 1. The summed E-state index contributed by atoms with van der Waals surface area (Å²) in [6.45, 7) is 3.96. The minimum absolute atomic E-state index is 0.0581. The molecule has 5 nitrogen and oxygen atoms in total. The zero-order chi connectivity index (χ0) is 17.1. The van der Waals surface area contributed by atoms with Crippen LogP contribution in [0.4, 0.5) is 10.1 Å². The number of rotatable bonds is 4. The second-order valence-electron chi connectivity index (χ2n) is 5.66. The first-order valence-corrected chi connectivity index (χ1v) is 7.62. The Labute approximate surface area is 139 Å². The Morgan fingerprint density at radius 1 is 1.21 bits per heavy atom. The Bertz CT molecular complexity index is 858. The zero-order valence-electron chi connectivity index (χ0n) is 13.4. The number of hydrogen-bond acceptors (Lipinski definition) is 3. The number of hydrogen-bond donors (Lipinski definition) is 1. The summed E-state index contributed by atoms with van der Waals surface area (Å²) in [4.78, 5) is 16.9. The maximum Gasteiger partial charge on any atom is 0.259 e. The highest BCUT2D eigenvalue weighted by atomic mass is 19.1. The Morgan fingerprint density at radius 2 is 2.04 bits per heavy atom. The molecule has 0 spiro atoms. The van der Waals surface area contributed by atoms with E-state index in [0.717, 1.165) is 5.69 Å². The average Bonchev–Trinajstić information content (AvgIpc) is 3.01. The van der Waals surface area contributed by atoms with Gasteiger partial charge in [0.05, 0.1) is 17.5 Å². The number of aromatic nitrogens is 3. The van der Waals surface area contributed by atoms with Gasteiger partial charge in [-0.2, -0.15) is 5.10 Å². The van der Waals surface area contributed by atoms with E-state index >= 15 is 0 Å². The molecule has 2 heterocycles. The summed E-state index contributed by atoms with van der Waals surface area (Å²) in [5.41, 5.74) is 1.60. The summed E-state index contributed by atoms with van der Waals surface area (Å²) < 4.78 is 14.9. The van der Waals surface area contributed by atoms with Gasteiger partial charge in [-0.05, 0) is 36.2 Å². The van der Waals surface area contributed by atoms with Crippen LogP contribution in [0.5, 0.6) is 0 Å². The highest BCUT2D eigenvalue weighted by Gasteiger charge is 2.21. The summed E-state index contributed by atoms with van der Waals surface area (Å²) in [6, 6.07) is 11.3. The van der Waals surface area contributed by atoms with Crippen molar-refractivity contribution in [2.24, 2.45) is 0 Å². The molecule has 0 aliphatic heterocycles. The van der Waals surface area contributed by atoms with Crippen LogP contribution in [0.1, 0.15) is 35.8 Å². The first-order valence-electron chi connectivity index (χ1n) is 7.62. The molecular weight excluding hydrogens is 307 g/mol. The third-order valence-electron chi connectivity index (χ3n) is 3.55. The number of nitrogens with zero attached hydrogens (tertiary/aromatic N) is 3. The third kappa shape index (κ3) is 3.17. The van der Waals surface area contributed by atoms with Crippen LogP contribution in [0, 0.1) is 5.82 Å². The molecular formula is C18H17FN4O. The maximum absolute atomic E-state index is 13.3. The van der Waals surface area contributed by atoms with E-state index in [1.165, 1.54) is 18.3 Å².